The molecular weight excluding hydrogens is 382 g/mol. The molecule has 0 aromatic heterocycles. The number of methoxy groups -OCH3 is 1. The first-order valence-corrected chi connectivity index (χ1v) is 10.4. The molecule has 2 aliphatic carbocycles. The normalized spacial score (nSPS) is 20.6. The largest absolute Gasteiger partial charge is 0.497 e. The summed E-state index contributed by atoms with van der Waals surface area (Å²) in [6.45, 7) is 1.90. The molecule has 2 aromatic rings. The third-order valence-corrected chi connectivity index (χ3v) is 6.28. The van der Waals surface area contributed by atoms with Gasteiger partial charge < -0.3 is 19.9 Å². The molecule has 0 bridgehead atoms. The van der Waals surface area contributed by atoms with Crippen LogP contribution in [0, 0.1) is 6.92 Å². The molecule has 4 rings (SSSR count). The van der Waals surface area contributed by atoms with Crippen molar-refractivity contribution in [2.75, 3.05) is 7.11 Å². The lowest BCUT2D eigenvalue weighted by molar-refractivity contribution is -0.145. The molecular formula is C24H27NO5. The van der Waals surface area contributed by atoms with E-state index in [9.17, 15) is 14.7 Å². The molecule has 0 heterocycles. The molecule has 1 saturated carbocycles. The van der Waals surface area contributed by atoms with Crippen LogP contribution >= 0.6 is 0 Å². The zero-order valence-corrected chi connectivity index (χ0v) is 17.4. The molecule has 6 nitrogen and oxygen atoms in total. The van der Waals surface area contributed by atoms with Gasteiger partial charge in [0.25, 0.3) is 5.91 Å². The van der Waals surface area contributed by atoms with Crippen LogP contribution in [-0.2, 0) is 17.6 Å². The highest BCUT2D eigenvalue weighted by molar-refractivity contribution is 6.00. The van der Waals surface area contributed by atoms with Gasteiger partial charge in [0.2, 0.25) is 0 Å². The van der Waals surface area contributed by atoms with Gasteiger partial charge in [0, 0.05) is 6.42 Å². The van der Waals surface area contributed by atoms with E-state index in [1.165, 1.54) is 0 Å². The van der Waals surface area contributed by atoms with Crippen molar-refractivity contribution >= 4 is 11.9 Å². The Labute approximate surface area is 176 Å². The molecule has 6 heteroatoms. The SMILES string of the molecule is COc1ccc2c(c1)CC(NC(=O)c1cccc(C)c1OC1CCC1)(C(=O)O)CC2. The second-order valence-electron chi connectivity index (χ2n) is 8.28. The standard InChI is InChI=1S/C24H27NO5/c1-15-5-3-8-20(21(15)30-18-6-4-7-18)22(26)25-24(23(27)28)12-11-16-9-10-19(29-2)13-17(16)14-24/h3,5,8-10,13,18H,4,6-7,11-12,14H2,1-2H3,(H,25,26)(H,27,28). The average molecular weight is 409 g/mol. The highest BCUT2D eigenvalue weighted by Crippen LogP contribution is 2.34. The van der Waals surface area contributed by atoms with Crippen molar-refractivity contribution in [2.45, 2.75) is 57.1 Å². The molecule has 1 unspecified atom stereocenters. The summed E-state index contributed by atoms with van der Waals surface area (Å²) in [6, 6.07) is 11.1. The smallest absolute Gasteiger partial charge is 0.329 e. The van der Waals surface area contributed by atoms with Gasteiger partial charge in [-0.05, 0) is 73.9 Å². The third-order valence-electron chi connectivity index (χ3n) is 6.28. The van der Waals surface area contributed by atoms with Gasteiger partial charge in [-0.2, -0.15) is 0 Å². The van der Waals surface area contributed by atoms with Crippen molar-refractivity contribution in [2.24, 2.45) is 0 Å². The Bertz CT molecular complexity index is 982. The number of ether oxygens (including phenoxy) is 2. The highest BCUT2D eigenvalue weighted by atomic mass is 16.5. The Morgan fingerprint density at radius 1 is 1.17 bits per heavy atom. The summed E-state index contributed by atoms with van der Waals surface area (Å²) < 4.78 is 11.4. The fraction of sp³-hybridized carbons (Fsp3) is 0.417. The second kappa shape index (κ2) is 8.01. The lowest BCUT2D eigenvalue weighted by atomic mass is 9.77. The van der Waals surface area contributed by atoms with E-state index >= 15 is 0 Å². The molecule has 0 radical (unpaired) electrons. The molecule has 1 fully saturated rings. The van der Waals surface area contributed by atoms with Gasteiger partial charge in [-0.25, -0.2) is 4.79 Å². The summed E-state index contributed by atoms with van der Waals surface area (Å²) in [5, 5.41) is 12.9. The van der Waals surface area contributed by atoms with Crippen molar-refractivity contribution in [3.05, 3.63) is 58.7 Å². The van der Waals surface area contributed by atoms with Crippen LogP contribution in [0.2, 0.25) is 0 Å². The summed E-state index contributed by atoms with van der Waals surface area (Å²) in [4.78, 5) is 25.6. The van der Waals surface area contributed by atoms with Crippen molar-refractivity contribution < 1.29 is 24.2 Å². The Balaban J connectivity index is 1.62. The molecule has 30 heavy (non-hydrogen) atoms. The van der Waals surface area contributed by atoms with E-state index in [1.54, 1.807) is 19.2 Å². The number of rotatable bonds is 6. The minimum atomic E-state index is -1.37. The van der Waals surface area contributed by atoms with Crippen LogP contribution in [0.1, 0.15) is 52.7 Å². The van der Waals surface area contributed by atoms with E-state index in [0.717, 1.165) is 36.0 Å². The number of benzene rings is 2. The van der Waals surface area contributed by atoms with E-state index in [-0.39, 0.29) is 12.5 Å². The number of amides is 1. The first kappa shape index (κ1) is 20.3. The fourth-order valence-electron chi connectivity index (χ4n) is 4.17. The van der Waals surface area contributed by atoms with Crippen molar-refractivity contribution in [1.29, 1.82) is 0 Å². The number of hydrogen-bond donors (Lipinski definition) is 2. The number of carboxylic acid groups (broad SMARTS) is 1. The Morgan fingerprint density at radius 3 is 2.63 bits per heavy atom. The number of fused-ring (bicyclic) bond motifs is 1. The van der Waals surface area contributed by atoms with Crippen molar-refractivity contribution in [3.63, 3.8) is 0 Å². The number of nitrogens with one attached hydrogen (secondary N) is 1. The third kappa shape index (κ3) is 3.74. The van der Waals surface area contributed by atoms with Gasteiger partial charge in [-0.3, -0.25) is 4.79 Å². The molecule has 2 aromatic carbocycles. The molecule has 1 atom stereocenters. The first-order valence-electron chi connectivity index (χ1n) is 10.4. The van der Waals surface area contributed by atoms with Crippen LogP contribution in [0.15, 0.2) is 36.4 Å². The predicted molar refractivity (Wildman–Crippen MR) is 112 cm³/mol. The molecule has 0 aliphatic heterocycles. The predicted octanol–water partition coefficient (Wildman–Crippen LogP) is 3.68. The Hall–Kier alpha value is -3.02. The van der Waals surface area contributed by atoms with Gasteiger partial charge in [-0.15, -0.1) is 0 Å². The second-order valence-corrected chi connectivity index (χ2v) is 8.28. The summed E-state index contributed by atoms with van der Waals surface area (Å²) in [5.74, 6) is -0.213. The fourth-order valence-corrected chi connectivity index (χ4v) is 4.17. The monoisotopic (exact) mass is 409 g/mol. The molecule has 0 saturated heterocycles. The van der Waals surface area contributed by atoms with Crippen LogP contribution < -0.4 is 14.8 Å². The van der Waals surface area contributed by atoms with Crippen LogP contribution in [0.5, 0.6) is 11.5 Å². The minimum Gasteiger partial charge on any atom is -0.497 e. The van der Waals surface area contributed by atoms with E-state index < -0.39 is 17.4 Å². The van der Waals surface area contributed by atoms with Gasteiger partial charge >= 0.3 is 5.97 Å². The summed E-state index contributed by atoms with van der Waals surface area (Å²) in [6.07, 6.45) is 4.33. The summed E-state index contributed by atoms with van der Waals surface area (Å²) in [5.41, 5.74) is 1.87. The quantitative estimate of drug-likeness (QED) is 0.760. The Kier molecular flexibility index (Phi) is 5.41. The zero-order valence-electron chi connectivity index (χ0n) is 17.4. The Morgan fingerprint density at radius 2 is 1.97 bits per heavy atom. The number of aliphatic carboxylic acids is 1. The van der Waals surface area contributed by atoms with Gasteiger partial charge in [0.15, 0.2) is 0 Å². The van der Waals surface area contributed by atoms with E-state index in [1.807, 2.05) is 31.2 Å². The van der Waals surface area contributed by atoms with E-state index in [0.29, 0.717) is 29.9 Å². The van der Waals surface area contributed by atoms with Crippen LogP contribution in [0.3, 0.4) is 0 Å². The van der Waals surface area contributed by atoms with Crippen molar-refractivity contribution in [1.82, 2.24) is 5.32 Å². The highest BCUT2D eigenvalue weighted by Gasteiger charge is 2.43. The van der Waals surface area contributed by atoms with Crippen LogP contribution in [0.25, 0.3) is 0 Å². The first-order chi connectivity index (χ1) is 14.4. The van der Waals surface area contributed by atoms with E-state index in [4.69, 9.17) is 9.47 Å². The minimum absolute atomic E-state index is 0.125. The number of carbonyl (C=O) groups excluding carboxylic acids is 1. The van der Waals surface area contributed by atoms with E-state index in [2.05, 4.69) is 5.32 Å². The summed E-state index contributed by atoms with van der Waals surface area (Å²) >= 11 is 0. The van der Waals surface area contributed by atoms with Gasteiger partial charge in [-0.1, -0.05) is 18.2 Å². The zero-order chi connectivity index (χ0) is 21.3. The topological polar surface area (TPSA) is 84.9 Å². The lowest BCUT2D eigenvalue weighted by Crippen LogP contribution is -2.57. The van der Waals surface area contributed by atoms with Gasteiger partial charge in [0.05, 0.1) is 18.8 Å². The molecule has 2 N–H and O–H groups in total. The van der Waals surface area contributed by atoms with Crippen LogP contribution in [-0.4, -0.2) is 35.7 Å². The maximum absolute atomic E-state index is 13.2. The molecule has 0 spiro atoms. The molecule has 2 aliphatic rings. The van der Waals surface area contributed by atoms with Crippen LogP contribution in [0.4, 0.5) is 0 Å². The number of carboxylic acids is 1. The summed E-state index contributed by atoms with van der Waals surface area (Å²) in [7, 11) is 1.58. The number of para-hydroxylation sites is 1. The maximum Gasteiger partial charge on any atom is 0.329 e. The lowest BCUT2D eigenvalue weighted by Gasteiger charge is -2.36. The number of carbonyl (C=O) groups is 2. The molecule has 158 valence electrons. The average Bonchev–Trinajstić information content (AvgIpc) is 2.70. The number of hydrogen-bond acceptors (Lipinski definition) is 4. The number of aryl methyl sites for hydroxylation is 2. The van der Waals surface area contributed by atoms with Gasteiger partial charge in [0.1, 0.15) is 17.0 Å². The molecule has 1 amide bonds. The van der Waals surface area contributed by atoms with Crippen molar-refractivity contribution in [3.8, 4) is 11.5 Å². The maximum atomic E-state index is 13.2.